The number of nitrogens with one attached hydrogen (secondary N) is 2. The zero-order valence-corrected chi connectivity index (χ0v) is 14.7. The Bertz CT molecular complexity index is 1060. The van der Waals surface area contributed by atoms with E-state index in [0.717, 1.165) is 0 Å². The maximum absolute atomic E-state index is 13.2. The van der Waals surface area contributed by atoms with Crippen LogP contribution in [0.5, 0.6) is 5.75 Å². The quantitative estimate of drug-likeness (QED) is 0.557. The summed E-state index contributed by atoms with van der Waals surface area (Å²) in [5.41, 5.74) is 5.61. The van der Waals surface area contributed by atoms with Gasteiger partial charge in [0.2, 0.25) is 5.91 Å². The molecule has 27 heavy (non-hydrogen) atoms. The molecule has 0 saturated carbocycles. The molecular formula is C17H15ClFN5O3. The number of nitrogens with zero attached hydrogens (tertiary/aromatic N) is 2. The normalized spacial score (nSPS) is 10.9. The van der Waals surface area contributed by atoms with Crippen LogP contribution in [0.1, 0.15) is 11.5 Å². The lowest BCUT2D eigenvalue weighted by molar-refractivity contribution is -0.117. The van der Waals surface area contributed by atoms with Crippen LogP contribution in [0.4, 0.5) is 4.39 Å². The van der Waals surface area contributed by atoms with Gasteiger partial charge >= 0.3 is 0 Å². The Morgan fingerprint density at radius 3 is 2.93 bits per heavy atom. The zero-order valence-electron chi connectivity index (χ0n) is 14.0. The summed E-state index contributed by atoms with van der Waals surface area (Å²) in [7, 11) is 0. The van der Waals surface area contributed by atoms with Crippen LogP contribution in [0.15, 0.2) is 35.3 Å². The molecule has 0 fully saturated rings. The van der Waals surface area contributed by atoms with Gasteiger partial charge in [-0.1, -0.05) is 11.6 Å². The second kappa shape index (κ2) is 8.11. The van der Waals surface area contributed by atoms with Crippen molar-refractivity contribution in [3.8, 4) is 5.75 Å². The molecule has 0 aliphatic rings. The van der Waals surface area contributed by atoms with Gasteiger partial charge in [0.05, 0.1) is 22.6 Å². The largest absolute Gasteiger partial charge is 0.486 e. The SMILES string of the molecule is NC(=O)CNCc1nccc2c(=O)[nH]c(COc3ccc(F)c(Cl)c3)nc12. The van der Waals surface area contributed by atoms with Gasteiger partial charge < -0.3 is 20.8 Å². The lowest BCUT2D eigenvalue weighted by Gasteiger charge is -2.09. The molecule has 0 radical (unpaired) electrons. The molecule has 3 aromatic rings. The summed E-state index contributed by atoms with van der Waals surface area (Å²) in [5, 5.41) is 3.12. The highest BCUT2D eigenvalue weighted by molar-refractivity contribution is 6.30. The number of pyridine rings is 1. The van der Waals surface area contributed by atoms with Gasteiger partial charge in [0, 0.05) is 18.8 Å². The molecule has 4 N–H and O–H groups in total. The minimum Gasteiger partial charge on any atom is -0.486 e. The highest BCUT2D eigenvalue weighted by Crippen LogP contribution is 2.21. The van der Waals surface area contributed by atoms with Crippen LogP contribution >= 0.6 is 11.6 Å². The van der Waals surface area contributed by atoms with Crippen molar-refractivity contribution in [3.63, 3.8) is 0 Å². The molecular weight excluding hydrogens is 377 g/mol. The number of primary amides is 1. The Morgan fingerprint density at radius 1 is 1.37 bits per heavy atom. The number of rotatable bonds is 7. The number of aromatic nitrogens is 3. The number of benzene rings is 1. The first kappa shape index (κ1) is 18.7. The first-order valence-corrected chi connectivity index (χ1v) is 8.25. The number of hydrogen-bond acceptors (Lipinski definition) is 6. The number of nitrogens with two attached hydrogens (primary N) is 1. The molecule has 0 aliphatic heterocycles. The number of amides is 1. The molecule has 0 bridgehead atoms. The van der Waals surface area contributed by atoms with Crippen molar-refractivity contribution >= 4 is 28.4 Å². The number of hydrogen-bond donors (Lipinski definition) is 3. The van der Waals surface area contributed by atoms with Gasteiger partial charge in [0.25, 0.3) is 5.56 Å². The van der Waals surface area contributed by atoms with Crippen molar-refractivity contribution in [3.05, 3.63) is 63.2 Å². The van der Waals surface area contributed by atoms with Crippen LogP contribution in [0.25, 0.3) is 10.9 Å². The fourth-order valence-electron chi connectivity index (χ4n) is 2.39. The first-order valence-electron chi connectivity index (χ1n) is 7.87. The molecule has 8 nitrogen and oxygen atoms in total. The van der Waals surface area contributed by atoms with Crippen molar-refractivity contribution in [2.45, 2.75) is 13.2 Å². The van der Waals surface area contributed by atoms with Crippen LogP contribution < -0.4 is 21.3 Å². The van der Waals surface area contributed by atoms with E-state index in [9.17, 15) is 14.0 Å². The average Bonchev–Trinajstić information content (AvgIpc) is 2.63. The van der Waals surface area contributed by atoms with Crippen molar-refractivity contribution in [1.82, 2.24) is 20.3 Å². The van der Waals surface area contributed by atoms with E-state index in [4.69, 9.17) is 22.1 Å². The molecule has 0 saturated heterocycles. The second-order valence-corrected chi connectivity index (χ2v) is 6.01. The maximum atomic E-state index is 13.2. The smallest absolute Gasteiger partial charge is 0.258 e. The van der Waals surface area contributed by atoms with Gasteiger partial charge in [-0.2, -0.15) is 0 Å². The first-order chi connectivity index (χ1) is 12.9. The fraction of sp³-hybridized carbons (Fsp3) is 0.176. The van der Waals surface area contributed by atoms with Crippen molar-refractivity contribution < 1.29 is 13.9 Å². The summed E-state index contributed by atoms with van der Waals surface area (Å²) < 4.78 is 18.7. The summed E-state index contributed by atoms with van der Waals surface area (Å²) in [4.78, 5) is 34.4. The van der Waals surface area contributed by atoms with E-state index in [-0.39, 0.29) is 36.1 Å². The van der Waals surface area contributed by atoms with E-state index in [1.165, 1.54) is 24.4 Å². The zero-order chi connectivity index (χ0) is 19.4. The van der Waals surface area contributed by atoms with Crippen LogP contribution in [0.2, 0.25) is 5.02 Å². The van der Waals surface area contributed by atoms with Crippen LogP contribution in [-0.4, -0.2) is 27.4 Å². The molecule has 10 heteroatoms. The van der Waals surface area contributed by atoms with Gasteiger partial charge in [-0.05, 0) is 18.2 Å². The molecule has 0 aliphatic carbocycles. The number of fused-ring (bicyclic) bond motifs is 1. The Labute approximate surface area is 157 Å². The maximum Gasteiger partial charge on any atom is 0.258 e. The lowest BCUT2D eigenvalue weighted by atomic mass is 10.2. The molecule has 0 unspecified atom stereocenters. The predicted octanol–water partition coefficient (Wildman–Crippen LogP) is 1.26. The third-order valence-electron chi connectivity index (χ3n) is 3.61. The summed E-state index contributed by atoms with van der Waals surface area (Å²) in [6, 6.07) is 5.47. The van der Waals surface area contributed by atoms with E-state index in [0.29, 0.717) is 22.3 Å². The fourth-order valence-corrected chi connectivity index (χ4v) is 2.56. The van der Waals surface area contributed by atoms with E-state index in [1.54, 1.807) is 6.07 Å². The minimum absolute atomic E-state index is 0.0252. The Morgan fingerprint density at radius 2 is 2.19 bits per heavy atom. The van der Waals surface area contributed by atoms with Crippen molar-refractivity contribution in [2.75, 3.05) is 6.54 Å². The number of carbonyl (C=O) groups excluding carboxylic acids is 1. The van der Waals surface area contributed by atoms with Crippen molar-refractivity contribution in [1.29, 1.82) is 0 Å². The Balaban J connectivity index is 1.84. The number of carbonyl (C=O) groups is 1. The summed E-state index contributed by atoms with van der Waals surface area (Å²) in [6.45, 7) is 0.128. The van der Waals surface area contributed by atoms with Crippen molar-refractivity contribution in [2.24, 2.45) is 5.73 Å². The molecule has 140 valence electrons. The van der Waals surface area contributed by atoms with Crippen LogP contribution in [0, 0.1) is 5.82 Å². The molecule has 0 atom stereocenters. The monoisotopic (exact) mass is 391 g/mol. The summed E-state index contributed by atoms with van der Waals surface area (Å²) in [6.07, 6.45) is 1.48. The van der Waals surface area contributed by atoms with E-state index in [2.05, 4.69) is 20.3 Å². The number of halogens is 2. The Kier molecular flexibility index (Phi) is 5.63. The topological polar surface area (TPSA) is 123 Å². The molecule has 1 amide bonds. The van der Waals surface area contributed by atoms with Gasteiger partial charge in [-0.3, -0.25) is 14.6 Å². The predicted molar refractivity (Wildman–Crippen MR) is 96.8 cm³/mol. The minimum atomic E-state index is -0.555. The molecule has 2 heterocycles. The van der Waals surface area contributed by atoms with Crippen LogP contribution in [0.3, 0.4) is 0 Å². The number of H-pyrrole nitrogens is 1. The molecule has 3 rings (SSSR count). The average molecular weight is 392 g/mol. The summed E-state index contributed by atoms with van der Waals surface area (Å²) >= 11 is 5.71. The van der Waals surface area contributed by atoms with E-state index >= 15 is 0 Å². The highest BCUT2D eigenvalue weighted by Gasteiger charge is 2.10. The number of ether oxygens (including phenoxy) is 1. The molecule has 0 spiro atoms. The van der Waals surface area contributed by atoms with Gasteiger partial charge in [-0.15, -0.1) is 0 Å². The van der Waals surface area contributed by atoms with Gasteiger partial charge in [-0.25, -0.2) is 9.37 Å². The molecule has 1 aromatic carbocycles. The number of aromatic amines is 1. The summed E-state index contributed by atoms with van der Waals surface area (Å²) in [5.74, 6) is -0.468. The van der Waals surface area contributed by atoms with E-state index < -0.39 is 11.7 Å². The highest BCUT2D eigenvalue weighted by atomic mass is 35.5. The third kappa shape index (κ3) is 4.57. The second-order valence-electron chi connectivity index (χ2n) is 5.60. The molecule has 2 aromatic heterocycles. The third-order valence-corrected chi connectivity index (χ3v) is 3.90. The van der Waals surface area contributed by atoms with Gasteiger partial charge in [0.15, 0.2) is 0 Å². The van der Waals surface area contributed by atoms with Gasteiger partial charge in [0.1, 0.15) is 29.5 Å². The van der Waals surface area contributed by atoms with E-state index in [1.807, 2.05) is 0 Å². The lowest BCUT2D eigenvalue weighted by Crippen LogP contribution is -2.28. The standard InChI is InChI=1S/C17H15ClFN5O3/c18-11-5-9(1-2-12(11)19)27-8-15-23-16-10(17(26)24-15)3-4-22-13(16)6-21-7-14(20)25/h1-5,21H,6-8H2,(H2,20,25)(H,23,24,26). The Hall–Kier alpha value is -3.04. The van der Waals surface area contributed by atoms with Crippen LogP contribution in [-0.2, 0) is 17.9 Å².